The highest BCUT2D eigenvalue weighted by atomic mass is 16.1. The van der Waals surface area contributed by atoms with Crippen LogP contribution in [-0.4, -0.2) is 34.1 Å². The molecular weight excluding hydrogens is 442 g/mol. The van der Waals surface area contributed by atoms with E-state index in [4.69, 9.17) is 4.79 Å². The van der Waals surface area contributed by atoms with Crippen molar-refractivity contribution < 1.29 is 4.79 Å². The van der Waals surface area contributed by atoms with Gasteiger partial charge in [-0.05, 0) is 86.1 Å². The van der Waals surface area contributed by atoms with E-state index in [1.165, 1.54) is 69.7 Å². The Morgan fingerprint density at radius 2 is 1.58 bits per heavy atom. The zero-order valence-electron chi connectivity index (χ0n) is 24.7. The van der Waals surface area contributed by atoms with Gasteiger partial charge in [0.05, 0.1) is 6.20 Å². The van der Waals surface area contributed by atoms with Crippen LogP contribution in [0.25, 0.3) is 0 Å². The Hall–Kier alpha value is -1.94. The topological polar surface area (TPSA) is 38.1 Å². The molecule has 1 aliphatic carbocycles. The molecule has 4 rings (SSSR count). The van der Waals surface area contributed by atoms with Gasteiger partial charge >= 0.3 is 0 Å². The summed E-state index contributed by atoms with van der Waals surface area (Å²) in [5.74, 6) is 3.15. The third-order valence-electron chi connectivity index (χ3n) is 7.26. The Morgan fingerprint density at radius 3 is 2.08 bits per heavy atom. The Labute approximate surface area is 222 Å². The van der Waals surface area contributed by atoms with E-state index in [9.17, 15) is 0 Å². The van der Waals surface area contributed by atoms with Crippen molar-refractivity contribution in [3.8, 4) is 0 Å². The van der Waals surface area contributed by atoms with Gasteiger partial charge in [0.15, 0.2) is 0 Å². The van der Waals surface area contributed by atoms with Crippen LogP contribution in [0.15, 0.2) is 36.7 Å². The summed E-state index contributed by atoms with van der Waals surface area (Å²) in [6.07, 6.45) is 13.2. The van der Waals surface area contributed by atoms with Crippen LogP contribution in [0.4, 0.5) is 0 Å². The second-order valence-corrected chi connectivity index (χ2v) is 10.2. The van der Waals surface area contributed by atoms with E-state index >= 15 is 0 Å². The second-order valence-electron chi connectivity index (χ2n) is 10.2. The maximum Gasteiger partial charge on any atom is 0.116 e. The molecule has 204 valence electrons. The SMILES string of the molecule is CC.CC.CC=O.CCCC1CC(c2ccc(CN3CCC(Cn4cc(C(C)C)cn4)CC3)cc2)C1. The van der Waals surface area contributed by atoms with Crippen LogP contribution in [0.3, 0.4) is 0 Å². The number of carbonyl (C=O) groups excluding carboxylic acids is 1. The summed E-state index contributed by atoms with van der Waals surface area (Å²) in [7, 11) is 0. The molecular formula is C32H55N3O. The standard InChI is InChI=1S/C26H39N3.C2H4O.2C2H6/c1-4-5-23-14-25(15-23)24-8-6-21(7-9-24)17-28-12-10-22(11-13-28)18-29-19-26(16-27-29)20(2)3;1-2-3;2*1-2/h6-9,16,19-20,22-23,25H,4-5,10-15,17-18H2,1-3H3;2H,1H3;2*1-2H3. The highest BCUT2D eigenvalue weighted by Gasteiger charge is 2.29. The highest BCUT2D eigenvalue weighted by molar-refractivity contribution is 5.44. The quantitative estimate of drug-likeness (QED) is 0.343. The molecule has 2 aliphatic rings. The maximum absolute atomic E-state index is 8.81. The van der Waals surface area contributed by atoms with Crippen molar-refractivity contribution >= 4 is 6.29 Å². The van der Waals surface area contributed by atoms with E-state index in [-0.39, 0.29) is 0 Å². The van der Waals surface area contributed by atoms with E-state index < -0.39 is 0 Å². The van der Waals surface area contributed by atoms with Gasteiger partial charge in [0.2, 0.25) is 0 Å². The Morgan fingerprint density at radius 1 is 1.00 bits per heavy atom. The first-order valence-electron chi connectivity index (χ1n) is 14.8. The third kappa shape index (κ3) is 10.6. The molecule has 1 aromatic heterocycles. The molecule has 0 atom stereocenters. The van der Waals surface area contributed by atoms with Crippen LogP contribution < -0.4 is 0 Å². The summed E-state index contributed by atoms with van der Waals surface area (Å²) in [6.45, 7) is 20.8. The van der Waals surface area contributed by atoms with Gasteiger partial charge in [0.1, 0.15) is 6.29 Å². The summed E-state index contributed by atoms with van der Waals surface area (Å²) in [5, 5.41) is 4.57. The van der Waals surface area contributed by atoms with Gasteiger partial charge in [-0.1, -0.05) is 85.6 Å². The van der Waals surface area contributed by atoms with Crippen molar-refractivity contribution in [3.63, 3.8) is 0 Å². The van der Waals surface area contributed by atoms with E-state index in [0.717, 1.165) is 37.1 Å². The van der Waals surface area contributed by atoms with Crippen molar-refractivity contribution in [3.05, 3.63) is 53.3 Å². The summed E-state index contributed by atoms with van der Waals surface area (Å²) < 4.78 is 2.17. The minimum absolute atomic E-state index is 0.569. The maximum atomic E-state index is 8.81. The lowest BCUT2D eigenvalue weighted by atomic mass is 9.70. The van der Waals surface area contributed by atoms with Gasteiger partial charge in [-0.3, -0.25) is 9.58 Å². The summed E-state index contributed by atoms with van der Waals surface area (Å²) >= 11 is 0. The first-order valence-corrected chi connectivity index (χ1v) is 14.8. The predicted molar refractivity (Wildman–Crippen MR) is 156 cm³/mol. The van der Waals surface area contributed by atoms with Crippen LogP contribution in [-0.2, 0) is 17.9 Å². The van der Waals surface area contributed by atoms with Crippen LogP contribution in [0.5, 0.6) is 0 Å². The Kier molecular flexibility index (Phi) is 16.3. The molecule has 2 fully saturated rings. The molecule has 1 aliphatic heterocycles. The van der Waals surface area contributed by atoms with Crippen molar-refractivity contribution in [2.45, 2.75) is 119 Å². The lowest BCUT2D eigenvalue weighted by Gasteiger charge is -2.36. The molecule has 36 heavy (non-hydrogen) atoms. The summed E-state index contributed by atoms with van der Waals surface area (Å²) in [4.78, 5) is 11.4. The van der Waals surface area contributed by atoms with Crippen LogP contribution in [0.2, 0.25) is 0 Å². The van der Waals surface area contributed by atoms with E-state index in [0.29, 0.717) is 5.92 Å². The summed E-state index contributed by atoms with van der Waals surface area (Å²) in [5.41, 5.74) is 4.40. The molecule has 0 N–H and O–H groups in total. The van der Waals surface area contributed by atoms with Gasteiger partial charge in [-0.2, -0.15) is 5.10 Å². The van der Waals surface area contributed by atoms with E-state index in [1.807, 2.05) is 33.9 Å². The molecule has 0 unspecified atom stereocenters. The van der Waals surface area contributed by atoms with Crippen LogP contribution in [0, 0.1) is 11.8 Å². The Bertz CT molecular complexity index is 797. The fourth-order valence-electron chi connectivity index (χ4n) is 5.17. The monoisotopic (exact) mass is 497 g/mol. The van der Waals surface area contributed by atoms with Crippen molar-refractivity contribution in [1.82, 2.24) is 14.7 Å². The number of piperidine rings is 1. The highest BCUT2D eigenvalue weighted by Crippen LogP contribution is 2.43. The fourth-order valence-corrected chi connectivity index (χ4v) is 5.17. The first-order chi connectivity index (χ1) is 17.5. The molecule has 4 heteroatoms. The number of benzene rings is 1. The number of hydrogen-bond donors (Lipinski definition) is 0. The summed E-state index contributed by atoms with van der Waals surface area (Å²) in [6, 6.07) is 9.56. The second kappa shape index (κ2) is 18.3. The zero-order valence-corrected chi connectivity index (χ0v) is 24.7. The molecule has 1 aromatic carbocycles. The minimum Gasteiger partial charge on any atom is -0.304 e. The molecule has 0 amide bonds. The van der Waals surface area contributed by atoms with Gasteiger partial charge in [-0.15, -0.1) is 0 Å². The minimum atomic E-state index is 0.569. The number of nitrogens with zero attached hydrogens (tertiary/aromatic N) is 3. The lowest BCUT2D eigenvalue weighted by Crippen LogP contribution is -2.34. The molecule has 1 saturated carbocycles. The number of rotatable bonds is 8. The van der Waals surface area contributed by atoms with Gasteiger partial charge in [-0.25, -0.2) is 0 Å². The predicted octanol–water partition coefficient (Wildman–Crippen LogP) is 8.47. The van der Waals surface area contributed by atoms with E-state index in [2.05, 4.69) is 65.9 Å². The molecule has 0 spiro atoms. The molecule has 1 saturated heterocycles. The fraction of sp³-hybridized carbons (Fsp3) is 0.688. The molecule has 2 aromatic rings. The van der Waals surface area contributed by atoms with Crippen molar-refractivity contribution in [2.75, 3.05) is 13.1 Å². The van der Waals surface area contributed by atoms with E-state index in [1.54, 1.807) is 5.56 Å². The van der Waals surface area contributed by atoms with Gasteiger partial charge in [0, 0.05) is 19.3 Å². The van der Waals surface area contributed by atoms with Crippen molar-refractivity contribution in [1.29, 1.82) is 0 Å². The normalized spacial score (nSPS) is 19.6. The Balaban J connectivity index is 0.000000844. The number of hydrogen-bond acceptors (Lipinski definition) is 3. The molecule has 2 heterocycles. The largest absolute Gasteiger partial charge is 0.304 e. The lowest BCUT2D eigenvalue weighted by molar-refractivity contribution is -0.106. The molecule has 0 radical (unpaired) electrons. The average Bonchev–Trinajstić information content (AvgIpc) is 3.35. The number of likely N-dealkylation sites (tertiary alicyclic amines) is 1. The molecule has 4 nitrogen and oxygen atoms in total. The number of carbonyl (C=O) groups is 1. The van der Waals surface area contributed by atoms with Gasteiger partial charge in [0.25, 0.3) is 0 Å². The van der Waals surface area contributed by atoms with Crippen LogP contribution in [0.1, 0.15) is 122 Å². The number of aldehydes is 1. The van der Waals surface area contributed by atoms with Crippen molar-refractivity contribution in [2.24, 2.45) is 11.8 Å². The average molecular weight is 498 g/mol. The van der Waals surface area contributed by atoms with Gasteiger partial charge < -0.3 is 4.79 Å². The number of aromatic nitrogens is 2. The zero-order chi connectivity index (χ0) is 26.9. The smallest absolute Gasteiger partial charge is 0.116 e. The third-order valence-corrected chi connectivity index (χ3v) is 7.26. The molecule has 0 bridgehead atoms. The first kappa shape index (κ1) is 32.1. The van der Waals surface area contributed by atoms with Crippen LogP contribution >= 0.6 is 0 Å².